The van der Waals surface area contributed by atoms with Crippen LogP contribution in [-0.4, -0.2) is 48.6 Å². The molecule has 1 aromatic heterocycles. The molecule has 21 heavy (non-hydrogen) atoms. The molecule has 0 bridgehead atoms. The Bertz CT molecular complexity index is 435. The molecule has 1 N–H and O–H groups in total. The van der Waals surface area contributed by atoms with E-state index in [1.807, 2.05) is 6.20 Å². The zero-order valence-corrected chi connectivity index (χ0v) is 14.0. The van der Waals surface area contributed by atoms with Gasteiger partial charge < -0.3 is 10.2 Å². The molecule has 1 aliphatic rings. The van der Waals surface area contributed by atoms with Gasteiger partial charge in [0, 0.05) is 37.9 Å². The fourth-order valence-corrected chi connectivity index (χ4v) is 3.03. The van der Waals surface area contributed by atoms with Gasteiger partial charge in [-0.3, -0.25) is 4.90 Å². The van der Waals surface area contributed by atoms with Crippen LogP contribution in [0.15, 0.2) is 18.3 Å². The topological polar surface area (TPSA) is 31.4 Å². The number of aromatic nitrogens is 1. The molecule has 1 fully saturated rings. The molecular formula is C17H30N4. The number of hydrogen-bond donors (Lipinski definition) is 1. The van der Waals surface area contributed by atoms with E-state index in [0.29, 0.717) is 12.1 Å². The third-order valence-electron chi connectivity index (χ3n) is 4.47. The zero-order chi connectivity index (χ0) is 15.2. The summed E-state index contributed by atoms with van der Waals surface area (Å²) in [6.07, 6.45) is 3.12. The van der Waals surface area contributed by atoms with Gasteiger partial charge in [0.2, 0.25) is 0 Å². The van der Waals surface area contributed by atoms with Gasteiger partial charge in [-0.1, -0.05) is 13.8 Å². The monoisotopic (exact) mass is 290 g/mol. The predicted octanol–water partition coefficient (Wildman–Crippen LogP) is 2.67. The van der Waals surface area contributed by atoms with Crippen LogP contribution < -0.4 is 10.2 Å². The molecule has 4 heteroatoms. The van der Waals surface area contributed by atoms with Crippen molar-refractivity contribution in [2.45, 2.75) is 46.2 Å². The maximum Gasteiger partial charge on any atom is 0.128 e. The normalized spacial score (nSPS) is 21.5. The minimum atomic E-state index is 0.390. The number of piperazine rings is 1. The van der Waals surface area contributed by atoms with Crippen molar-refractivity contribution >= 4 is 5.82 Å². The second-order valence-electron chi connectivity index (χ2n) is 6.05. The molecule has 0 saturated carbocycles. The first-order valence-corrected chi connectivity index (χ1v) is 8.34. The Morgan fingerprint density at radius 2 is 2.19 bits per heavy atom. The van der Waals surface area contributed by atoms with Crippen LogP contribution in [-0.2, 0) is 0 Å². The number of pyridine rings is 1. The number of nitrogens with one attached hydrogen (secondary N) is 1. The summed E-state index contributed by atoms with van der Waals surface area (Å²) in [5, 5.41) is 3.55. The summed E-state index contributed by atoms with van der Waals surface area (Å²) in [5.74, 6) is 1.13. The Labute approximate surface area is 129 Å². The standard InChI is InChI=1S/C17H30N4/c1-5-8-18-15(4)16-7-9-19-17(12-16)21-11-10-20(6-2)14(3)13-21/h7,9,12,14-15,18H,5-6,8,10-11,13H2,1-4H3. The molecule has 1 saturated heterocycles. The van der Waals surface area contributed by atoms with Crippen LogP contribution in [0.1, 0.15) is 45.7 Å². The van der Waals surface area contributed by atoms with Gasteiger partial charge in [0.1, 0.15) is 5.82 Å². The highest BCUT2D eigenvalue weighted by Crippen LogP contribution is 2.21. The van der Waals surface area contributed by atoms with Crippen molar-refractivity contribution in [3.63, 3.8) is 0 Å². The quantitative estimate of drug-likeness (QED) is 0.873. The third kappa shape index (κ3) is 4.17. The van der Waals surface area contributed by atoms with E-state index in [9.17, 15) is 0 Å². The first-order valence-electron chi connectivity index (χ1n) is 8.34. The van der Waals surface area contributed by atoms with E-state index in [-0.39, 0.29) is 0 Å². The van der Waals surface area contributed by atoms with Gasteiger partial charge >= 0.3 is 0 Å². The minimum Gasteiger partial charge on any atom is -0.354 e. The van der Waals surface area contributed by atoms with Crippen molar-refractivity contribution in [1.29, 1.82) is 0 Å². The average molecular weight is 290 g/mol. The smallest absolute Gasteiger partial charge is 0.128 e. The Hall–Kier alpha value is -1.13. The minimum absolute atomic E-state index is 0.390. The van der Waals surface area contributed by atoms with E-state index < -0.39 is 0 Å². The van der Waals surface area contributed by atoms with Gasteiger partial charge in [-0.25, -0.2) is 4.98 Å². The van der Waals surface area contributed by atoms with E-state index in [0.717, 1.165) is 38.5 Å². The van der Waals surface area contributed by atoms with Crippen LogP contribution in [0.2, 0.25) is 0 Å². The molecule has 0 radical (unpaired) electrons. The fourth-order valence-electron chi connectivity index (χ4n) is 3.03. The van der Waals surface area contributed by atoms with E-state index in [4.69, 9.17) is 0 Å². The molecule has 1 aliphatic heterocycles. The second-order valence-corrected chi connectivity index (χ2v) is 6.05. The fraction of sp³-hybridized carbons (Fsp3) is 0.706. The molecule has 2 atom stereocenters. The molecule has 2 rings (SSSR count). The summed E-state index contributed by atoms with van der Waals surface area (Å²) < 4.78 is 0. The molecule has 2 unspecified atom stereocenters. The van der Waals surface area contributed by atoms with Crippen molar-refractivity contribution < 1.29 is 0 Å². The van der Waals surface area contributed by atoms with Gasteiger partial charge in [0.05, 0.1) is 0 Å². The van der Waals surface area contributed by atoms with Crippen LogP contribution in [0.25, 0.3) is 0 Å². The van der Waals surface area contributed by atoms with E-state index in [2.05, 4.69) is 59.9 Å². The van der Waals surface area contributed by atoms with Gasteiger partial charge in [0.25, 0.3) is 0 Å². The molecule has 2 heterocycles. The predicted molar refractivity (Wildman–Crippen MR) is 89.9 cm³/mol. The van der Waals surface area contributed by atoms with E-state index in [1.165, 1.54) is 12.0 Å². The molecule has 0 spiro atoms. The summed E-state index contributed by atoms with van der Waals surface area (Å²) in [7, 11) is 0. The van der Waals surface area contributed by atoms with Crippen molar-refractivity contribution in [3.05, 3.63) is 23.9 Å². The molecule has 4 nitrogen and oxygen atoms in total. The molecule has 118 valence electrons. The lowest BCUT2D eigenvalue weighted by atomic mass is 10.1. The summed E-state index contributed by atoms with van der Waals surface area (Å²) >= 11 is 0. The van der Waals surface area contributed by atoms with Crippen LogP contribution in [0.3, 0.4) is 0 Å². The highest BCUT2D eigenvalue weighted by molar-refractivity contribution is 5.42. The van der Waals surface area contributed by atoms with Crippen LogP contribution >= 0.6 is 0 Å². The number of nitrogens with zero attached hydrogens (tertiary/aromatic N) is 3. The lowest BCUT2D eigenvalue weighted by Gasteiger charge is -2.40. The van der Waals surface area contributed by atoms with E-state index in [1.54, 1.807) is 0 Å². The maximum absolute atomic E-state index is 4.59. The zero-order valence-electron chi connectivity index (χ0n) is 14.0. The molecule has 0 aliphatic carbocycles. The molecule has 0 aromatic carbocycles. The Morgan fingerprint density at radius 3 is 2.86 bits per heavy atom. The highest BCUT2D eigenvalue weighted by atomic mass is 15.3. The number of likely N-dealkylation sites (N-methyl/N-ethyl adjacent to an activating group) is 1. The third-order valence-corrected chi connectivity index (χ3v) is 4.47. The van der Waals surface area contributed by atoms with Gasteiger partial charge in [0.15, 0.2) is 0 Å². The summed E-state index contributed by atoms with van der Waals surface area (Å²) in [4.78, 5) is 9.55. The highest BCUT2D eigenvalue weighted by Gasteiger charge is 2.23. The van der Waals surface area contributed by atoms with Gasteiger partial charge in [-0.15, -0.1) is 0 Å². The lowest BCUT2D eigenvalue weighted by Crippen LogP contribution is -2.52. The van der Waals surface area contributed by atoms with Gasteiger partial charge in [-0.05, 0) is 51.1 Å². The van der Waals surface area contributed by atoms with Crippen LogP contribution in [0.4, 0.5) is 5.82 Å². The number of rotatable bonds is 6. The SMILES string of the molecule is CCCNC(C)c1ccnc(N2CCN(CC)C(C)C2)c1. The lowest BCUT2D eigenvalue weighted by molar-refractivity contribution is 0.199. The summed E-state index contributed by atoms with van der Waals surface area (Å²) in [6, 6.07) is 5.37. The second kappa shape index (κ2) is 7.76. The molecule has 1 aromatic rings. The van der Waals surface area contributed by atoms with E-state index >= 15 is 0 Å². The number of hydrogen-bond acceptors (Lipinski definition) is 4. The number of anilines is 1. The van der Waals surface area contributed by atoms with Crippen LogP contribution in [0.5, 0.6) is 0 Å². The molecule has 0 amide bonds. The first kappa shape index (κ1) is 16.2. The largest absolute Gasteiger partial charge is 0.354 e. The maximum atomic E-state index is 4.59. The van der Waals surface area contributed by atoms with Crippen molar-refractivity contribution in [3.8, 4) is 0 Å². The van der Waals surface area contributed by atoms with Gasteiger partial charge in [-0.2, -0.15) is 0 Å². The Morgan fingerprint density at radius 1 is 1.38 bits per heavy atom. The van der Waals surface area contributed by atoms with Crippen molar-refractivity contribution in [1.82, 2.24) is 15.2 Å². The Kier molecular flexibility index (Phi) is 6.00. The summed E-state index contributed by atoms with van der Waals surface area (Å²) in [5.41, 5.74) is 1.33. The Balaban J connectivity index is 2.04. The summed E-state index contributed by atoms with van der Waals surface area (Å²) in [6.45, 7) is 14.5. The average Bonchev–Trinajstić information content (AvgIpc) is 2.52. The van der Waals surface area contributed by atoms with Crippen LogP contribution in [0, 0.1) is 0 Å². The van der Waals surface area contributed by atoms with Crippen molar-refractivity contribution in [2.75, 3.05) is 37.6 Å². The van der Waals surface area contributed by atoms with Crippen molar-refractivity contribution in [2.24, 2.45) is 0 Å². The molecular weight excluding hydrogens is 260 g/mol. The first-order chi connectivity index (χ1) is 10.2.